The van der Waals surface area contributed by atoms with Crippen LogP contribution in [0.3, 0.4) is 0 Å². The molecule has 25 heavy (non-hydrogen) atoms. The van der Waals surface area contributed by atoms with E-state index < -0.39 is 0 Å². The van der Waals surface area contributed by atoms with E-state index in [1.54, 1.807) is 6.33 Å². The van der Waals surface area contributed by atoms with Gasteiger partial charge in [0.15, 0.2) is 0 Å². The van der Waals surface area contributed by atoms with Gasteiger partial charge in [-0.05, 0) is 37.4 Å². The third kappa shape index (κ3) is 4.33. The number of aromatic nitrogens is 5. The Morgan fingerprint density at radius 2 is 1.96 bits per heavy atom. The van der Waals surface area contributed by atoms with E-state index in [4.69, 9.17) is 0 Å². The summed E-state index contributed by atoms with van der Waals surface area (Å²) in [6.07, 6.45) is 9.03. The van der Waals surface area contributed by atoms with Crippen molar-refractivity contribution in [1.82, 2.24) is 29.9 Å². The lowest BCUT2D eigenvalue weighted by atomic mass is 9.97. The Bertz CT molecular complexity index is 756. The quantitative estimate of drug-likeness (QED) is 0.751. The molecule has 1 fully saturated rings. The molecule has 6 heteroatoms. The highest BCUT2D eigenvalue weighted by atomic mass is 15.4. The maximum Gasteiger partial charge on any atom is 0.0922 e. The van der Waals surface area contributed by atoms with Crippen molar-refractivity contribution in [2.75, 3.05) is 13.1 Å². The van der Waals surface area contributed by atoms with Gasteiger partial charge in [0, 0.05) is 37.6 Å². The summed E-state index contributed by atoms with van der Waals surface area (Å²) >= 11 is 0. The van der Waals surface area contributed by atoms with E-state index in [2.05, 4.69) is 55.6 Å². The zero-order valence-corrected chi connectivity index (χ0v) is 14.4. The number of likely N-dealkylation sites (tertiary alicyclic amines) is 1. The lowest BCUT2D eigenvalue weighted by Crippen LogP contribution is -2.34. The summed E-state index contributed by atoms with van der Waals surface area (Å²) in [7, 11) is 0. The first-order chi connectivity index (χ1) is 12.3. The third-order valence-corrected chi connectivity index (χ3v) is 4.92. The number of imidazole rings is 1. The molecule has 4 rings (SSSR count). The molecule has 1 aliphatic heterocycles. The van der Waals surface area contributed by atoms with Gasteiger partial charge >= 0.3 is 0 Å². The first-order valence-electron chi connectivity index (χ1n) is 8.98. The number of nitrogens with one attached hydrogen (secondary N) is 1. The monoisotopic (exact) mass is 336 g/mol. The van der Waals surface area contributed by atoms with E-state index >= 15 is 0 Å². The SMILES string of the molecule is c1ccc(Cc2cn(CC3CCN(Cc4cnc[nH]4)CC3)nn2)cc1. The van der Waals surface area contributed by atoms with Gasteiger partial charge in [0.2, 0.25) is 0 Å². The first-order valence-corrected chi connectivity index (χ1v) is 8.98. The molecule has 0 saturated carbocycles. The Morgan fingerprint density at radius 3 is 2.72 bits per heavy atom. The summed E-state index contributed by atoms with van der Waals surface area (Å²) in [6, 6.07) is 10.4. The van der Waals surface area contributed by atoms with Crippen LogP contribution in [-0.4, -0.2) is 43.0 Å². The Hall–Kier alpha value is -2.47. The van der Waals surface area contributed by atoms with E-state index in [9.17, 15) is 0 Å². The Morgan fingerprint density at radius 1 is 1.12 bits per heavy atom. The van der Waals surface area contributed by atoms with E-state index in [0.717, 1.165) is 38.3 Å². The minimum absolute atomic E-state index is 0.685. The fourth-order valence-electron chi connectivity index (χ4n) is 3.52. The van der Waals surface area contributed by atoms with Crippen LogP contribution in [0.5, 0.6) is 0 Å². The molecule has 0 aliphatic carbocycles. The summed E-state index contributed by atoms with van der Waals surface area (Å²) in [5.74, 6) is 0.685. The van der Waals surface area contributed by atoms with Crippen LogP contribution in [-0.2, 0) is 19.5 Å². The number of hydrogen-bond acceptors (Lipinski definition) is 4. The first kappa shape index (κ1) is 16.0. The second-order valence-electron chi connectivity index (χ2n) is 6.89. The van der Waals surface area contributed by atoms with Gasteiger partial charge in [0.25, 0.3) is 0 Å². The lowest BCUT2D eigenvalue weighted by molar-refractivity contribution is 0.163. The average Bonchev–Trinajstić information content (AvgIpc) is 3.30. The molecule has 0 spiro atoms. The largest absolute Gasteiger partial charge is 0.347 e. The summed E-state index contributed by atoms with van der Waals surface area (Å²) in [4.78, 5) is 9.77. The number of benzene rings is 1. The van der Waals surface area contributed by atoms with Gasteiger partial charge < -0.3 is 4.98 Å². The van der Waals surface area contributed by atoms with E-state index in [1.165, 1.54) is 24.1 Å². The maximum absolute atomic E-state index is 4.33. The van der Waals surface area contributed by atoms with Crippen molar-refractivity contribution in [3.05, 3.63) is 66.0 Å². The predicted octanol–water partition coefficient (Wildman–Crippen LogP) is 2.50. The number of aromatic amines is 1. The van der Waals surface area contributed by atoms with Crippen LogP contribution in [0.15, 0.2) is 49.1 Å². The molecule has 1 saturated heterocycles. The molecule has 0 bridgehead atoms. The van der Waals surface area contributed by atoms with Crippen molar-refractivity contribution in [2.24, 2.45) is 5.92 Å². The van der Waals surface area contributed by atoms with Crippen molar-refractivity contribution < 1.29 is 0 Å². The normalized spacial score (nSPS) is 16.3. The molecule has 3 heterocycles. The van der Waals surface area contributed by atoms with Crippen LogP contribution < -0.4 is 0 Å². The molecule has 2 aromatic heterocycles. The van der Waals surface area contributed by atoms with E-state index in [-0.39, 0.29) is 0 Å². The molecule has 0 unspecified atom stereocenters. The standard InChI is InChI=1S/C19H24N6/c1-2-4-16(5-3-1)10-18-14-25(23-22-18)12-17-6-8-24(9-7-17)13-19-11-20-15-21-19/h1-5,11,14-15,17H,6-10,12-13H2,(H,20,21). The Balaban J connectivity index is 1.26. The van der Waals surface area contributed by atoms with Crippen molar-refractivity contribution in [3.63, 3.8) is 0 Å². The van der Waals surface area contributed by atoms with Gasteiger partial charge in [-0.3, -0.25) is 9.58 Å². The zero-order chi connectivity index (χ0) is 16.9. The number of rotatable bonds is 6. The van der Waals surface area contributed by atoms with E-state index in [1.807, 2.05) is 16.9 Å². The summed E-state index contributed by atoms with van der Waals surface area (Å²) in [6.45, 7) is 4.21. The van der Waals surface area contributed by atoms with Gasteiger partial charge in [0.1, 0.15) is 0 Å². The molecular weight excluding hydrogens is 312 g/mol. The molecular formula is C19H24N6. The second-order valence-corrected chi connectivity index (χ2v) is 6.89. The van der Waals surface area contributed by atoms with Crippen LogP contribution in [0, 0.1) is 5.92 Å². The van der Waals surface area contributed by atoms with Gasteiger partial charge in [-0.1, -0.05) is 35.5 Å². The molecule has 1 aromatic carbocycles. The number of hydrogen-bond donors (Lipinski definition) is 1. The minimum atomic E-state index is 0.685. The van der Waals surface area contributed by atoms with Crippen LogP contribution in [0.25, 0.3) is 0 Å². The van der Waals surface area contributed by atoms with Crippen molar-refractivity contribution >= 4 is 0 Å². The topological polar surface area (TPSA) is 62.6 Å². The van der Waals surface area contributed by atoms with Gasteiger partial charge in [-0.2, -0.15) is 0 Å². The fourth-order valence-corrected chi connectivity index (χ4v) is 3.52. The fraction of sp³-hybridized carbons (Fsp3) is 0.421. The van der Waals surface area contributed by atoms with Crippen molar-refractivity contribution in [1.29, 1.82) is 0 Å². The Labute approximate surface area is 147 Å². The van der Waals surface area contributed by atoms with Crippen molar-refractivity contribution in [3.8, 4) is 0 Å². The zero-order valence-electron chi connectivity index (χ0n) is 14.4. The molecule has 1 N–H and O–H groups in total. The van der Waals surface area contributed by atoms with Crippen LogP contribution in [0.4, 0.5) is 0 Å². The van der Waals surface area contributed by atoms with Crippen LogP contribution >= 0.6 is 0 Å². The van der Waals surface area contributed by atoms with Crippen molar-refractivity contribution in [2.45, 2.75) is 32.4 Å². The average molecular weight is 336 g/mol. The van der Waals surface area contributed by atoms with Gasteiger partial charge in [0.05, 0.1) is 12.0 Å². The summed E-state index contributed by atoms with van der Waals surface area (Å²) in [5, 5.41) is 8.66. The number of H-pyrrole nitrogens is 1. The third-order valence-electron chi connectivity index (χ3n) is 4.92. The molecule has 1 aliphatic rings. The Kier molecular flexibility index (Phi) is 4.88. The van der Waals surface area contributed by atoms with Crippen LogP contribution in [0.2, 0.25) is 0 Å². The molecule has 6 nitrogen and oxygen atoms in total. The maximum atomic E-state index is 4.33. The molecule has 3 aromatic rings. The number of piperidine rings is 1. The van der Waals surface area contributed by atoms with Crippen LogP contribution in [0.1, 0.15) is 29.8 Å². The highest BCUT2D eigenvalue weighted by Gasteiger charge is 2.20. The molecule has 130 valence electrons. The highest BCUT2D eigenvalue weighted by molar-refractivity contribution is 5.19. The molecule has 0 atom stereocenters. The predicted molar refractivity (Wildman–Crippen MR) is 95.9 cm³/mol. The van der Waals surface area contributed by atoms with Gasteiger partial charge in [-0.15, -0.1) is 5.10 Å². The summed E-state index contributed by atoms with van der Waals surface area (Å²) < 4.78 is 2.02. The van der Waals surface area contributed by atoms with E-state index in [0.29, 0.717) is 5.92 Å². The van der Waals surface area contributed by atoms with Gasteiger partial charge in [-0.25, -0.2) is 4.98 Å². The minimum Gasteiger partial charge on any atom is -0.347 e. The smallest absolute Gasteiger partial charge is 0.0922 e. The highest BCUT2D eigenvalue weighted by Crippen LogP contribution is 2.20. The summed E-state index contributed by atoms with van der Waals surface area (Å²) in [5.41, 5.74) is 3.52. The second kappa shape index (κ2) is 7.61. The lowest BCUT2D eigenvalue weighted by Gasteiger charge is -2.31. The molecule has 0 amide bonds. The number of nitrogens with zero attached hydrogens (tertiary/aromatic N) is 5. The molecule has 0 radical (unpaired) electrons.